The van der Waals surface area contributed by atoms with E-state index in [0.29, 0.717) is 32.5 Å². The van der Waals surface area contributed by atoms with Crippen molar-refractivity contribution in [1.29, 1.82) is 0 Å². The van der Waals surface area contributed by atoms with E-state index in [2.05, 4.69) is 4.98 Å². The van der Waals surface area contributed by atoms with Gasteiger partial charge < -0.3 is 14.8 Å². The van der Waals surface area contributed by atoms with E-state index in [-0.39, 0.29) is 33.6 Å². The first kappa shape index (κ1) is 15.4. The fourth-order valence-electron chi connectivity index (χ4n) is 3.54. The van der Waals surface area contributed by atoms with E-state index in [0.717, 1.165) is 6.07 Å². The molecule has 1 aromatic carbocycles. The molecule has 3 heterocycles. The molecule has 2 aromatic rings. The molecule has 1 unspecified atom stereocenters. The molecule has 0 saturated carbocycles. The highest BCUT2D eigenvalue weighted by Crippen LogP contribution is 2.31. The first-order chi connectivity index (χ1) is 11.5. The first-order valence-electron chi connectivity index (χ1n) is 7.71. The summed E-state index contributed by atoms with van der Waals surface area (Å²) in [4.78, 5) is 30.4. The van der Waals surface area contributed by atoms with Gasteiger partial charge in [-0.2, -0.15) is 0 Å². The lowest BCUT2D eigenvalue weighted by Crippen LogP contribution is -2.53. The van der Waals surface area contributed by atoms with Crippen LogP contribution >= 0.6 is 11.6 Å². The fourth-order valence-corrected chi connectivity index (χ4v) is 3.79. The number of halogens is 3. The maximum Gasteiger partial charge on any atom is 0.273 e. The van der Waals surface area contributed by atoms with Crippen molar-refractivity contribution in [3.63, 3.8) is 0 Å². The van der Waals surface area contributed by atoms with E-state index in [1.807, 2.05) is 0 Å². The summed E-state index contributed by atoms with van der Waals surface area (Å²) in [5, 5.41) is -0.457. The Kier molecular flexibility index (Phi) is 3.49. The Labute approximate surface area is 141 Å². The van der Waals surface area contributed by atoms with Gasteiger partial charge in [0, 0.05) is 32.1 Å². The van der Waals surface area contributed by atoms with Crippen molar-refractivity contribution in [2.75, 3.05) is 19.6 Å². The highest BCUT2D eigenvalue weighted by molar-refractivity contribution is 6.35. The van der Waals surface area contributed by atoms with Gasteiger partial charge in [-0.1, -0.05) is 11.6 Å². The number of nitrogens with one attached hydrogen (secondary N) is 1. The van der Waals surface area contributed by atoms with E-state index in [4.69, 9.17) is 11.6 Å². The zero-order valence-electron chi connectivity index (χ0n) is 12.6. The number of aromatic amines is 1. The van der Waals surface area contributed by atoms with Crippen LogP contribution in [-0.4, -0.2) is 52.3 Å². The molecule has 2 amide bonds. The van der Waals surface area contributed by atoms with Crippen molar-refractivity contribution in [2.45, 2.75) is 18.9 Å². The van der Waals surface area contributed by atoms with Gasteiger partial charge in [0.05, 0.1) is 15.9 Å². The second-order valence-electron chi connectivity index (χ2n) is 6.13. The number of H-pyrrole nitrogens is 1. The van der Waals surface area contributed by atoms with Gasteiger partial charge in [-0.25, -0.2) is 8.78 Å². The molecule has 2 saturated heterocycles. The predicted molar refractivity (Wildman–Crippen MR) is 83.9 cm³/mol. The van der Waals surface area contributed by atoms with Gasteiger partial charge in [0.25, 0.3) is 5.91 Å². The van der Waals surface area contributed by atoms with Gasteiger partial charge in [-0.05, 0) is 18.6 Å². The second kappa shape index (κ2) is 5.44. The number of fused-ring (bicyclic) bond motifs is 2. The molecule has 4 rings (SSSR count). The zero-order valence-corrected chi connectivity index (χ0v) is 13.4. The van der Waals surface area contributed by atoms with Crippen LogP contribution in [0.4, 0.5) is 8.78 Å². The number of rotatable bonds is 1. The van der Waals surface area contributed by atoms with Gasteiger partial charge >= 0.3 is 0 Å². The molecule has 1 N–H and O–H groups in total. The molecule has 1 aromatic heterocycles. The third-order valence-corrected chi connectivity index (χ3v) is 5.16. The van der Waals surface area contributed by atoms with Crippen molar-refractivity contribution in [3.8, 4) is 0 Å². The number of hydrogen-bond acceptors (Lipinski definition) is 2. The number of carbonyl (C=O) groups is 2. The van der Waals surface area contributed by atoms with Crippen LogP contribution in [0.2, 0.25) is 5.02 Å². The summed E-state index contributed by atoms with van der Waals surface area (Å²) in [5.74, 6) is -1.98. The Morgan fingerprint density at radius 2 is 2.08 bits per heavy atom. The van der Waals surface area contributed by atoms with Gasteiger partial charge in [-0.3, -0.25) is 9.59 Å². The Hall–Kier alpha value is -2.15. The summed E-state index contributed by atoms with van der Waals surface area (Å²) in [7, 11) is 0. The average Bonchev–Trinajstić information content (AvgIpc) is 3.11. The molecule has 2 aliphatic rings. The van der Waals surface area contributed by atoms with E-state index in [1.165, 1.54) is 11.0 Å². The molecule has 1 atom stereocenters. The minimum Gasteiger partial charge on any atom is -0.348 e. The molecule has 0 bridgehead atoms. The number of benzene rings is 1. The van der Waals surface area contributed by atoms with Crippen LogP contribution in [0.15, 0.2) is 12.1 Å². The van der Waals surface area contributed by atoms with Crippen molar-refractivity contribution in [2.24, 2.45) is 0 Å². The van der Waals surface area contributed by atoms with Crippen molar-refractivity contribution in [1.82, 2.24) is 14.8 Å². The topological polar surface area (TPSA) is 56.4 Å². The monoisotopic (exact) mass is 353 g/mol. The quantitative estimate of drug-likeness (QED) is 0.856. The van der Waals surface area contributed by atoms with E-state index in [9.17, 15) is 18.4 Å². The van der Waals surface area contributed by atoms with E-state index in [1.54, 1.807) is 4.90 Å². The number of amides is 2. The van der Waals surface area contributed by atoms with Crippen LogP contribution in [-0.2, 0) is 4.79 Å². The molecule has 2 fully saturated rings. The van der Waals surface area contributed by atoms with E-state index < -0.39 is 17.5 Å². The Morgan fingerprint density at radius 3 is 2.88 bits per heavy atom. The van der Waals surface area contributed by atoms with E-state index >= 15 is 0 Å². The summed E-state index contributed by atoms with van der Waals surface area (Å²) < 4.78 is 28.1. The lowest BCUT2D eigenvalue weighted by molar-refractivity contribution is -0.130. The molecular formula is C16H14ClF2N3O2. The highest BCUT2D eigenvalue weighted by atomic mass is 35.5. The lowest BCUT2D eigenvalue weighted by atomic mass is 10.1. The molecule has 0 aliphatic carbocycles. The average molecular weight is 354 g/mol. The normalized spacial score (nSPS) is 20.8. The van der Waals surface area contributed by atoms with Gasteiger partial charge in [-0.15, -0.1) is 0 Å². The lowest BCUT2D eigenvalue weighted by Gasteiger charge is -2.37. The SMILES string of the molecule is O=C(c1[nH]c2ccc(F)c(Cl)c2c1F)N1CCN2C(=O)CCC2C1. The number of aromatic nitrogens is 1. The van der Waals surface area contributed by atoms with Crippen LogP contribution in [0.5, 0.6) is 0 Å². The summed E-state index contributed by atoms with van der Waals surface area (Å²) in [5.41, 5.74) is 0.0483. The third kappa shape index (κ3) is 2.18. The molecule has 0 spiro atoms. The molecule has 24 heavy (non-hydrogen) atoms. The zero-order chi connectivity index (χ0) is 17.0. The fraction of sp³-hybridized carbons (Fsp3) is 0.375. The molecule has 8 heteroatoms. The summed E-state index contributed by atoms with van der Waals surface area (Å²) in [6.07, 6.45) is 1.19. The minimum absolute atomic E-state index is 0.0105. The van der Waals surface area contributed by atoms with Crippen molar-refractivity contribution < 1.29 is 18.4 Å². The second-order valence-corrected chi connectivity index (χ2v) is 6.51. The maximum absolute atomic E-state index is 14.6. The standard InChI is InChI=1S/C16H14ClF2N3O2/c17-13-9(18)2-3-10-12(13)14(19)15(20-10)16(24)21-5-6-22-8(7-21)1-4-11(22)23/h2-3,8,20H,1,4-7H2. The van der Waals surface area contributed by atoms with Crippen molar-refractivity contribution >= 4 is 34.3 Å². The smallest absolute Gasteiger partial charge is 0.273 e. The molecule has 0 radical (unpaired) electrons. The first-order valence-corrected chi connectivity index (χ1v) is 8.09. The predicted octanol–water partition coefficient (Wildman–Crippen LogP) is 2.55. The molecule has 5 nitrogen and oxygen atoms in total. The van der Waals surface area contributed by atoms with Crippen LogP contribution in [0.3, 0.4) is 0 Å². The van der Waals surface area contributed by atoms with Gasteiger partial charge in [0.1, 0.15) is 11.5 Å². The summed E-state index contributed by atoms with van der Waals surface area (Å²) in [6, 6.07) is 2.46. The molecule has 2 aliphatic heterocycles. The number of carbonyl (C=O) groups excluding carboxylic acids is 2. The number of nitrogens with zero attached hydrogens (tertiary/aromatic N) is 2. The van der Waals surface area contributed by atoms with Crippen LogP contribution < -0.4 is 0 Å². The number of hydrogen-bond donors (Lipinski definition) is 1. The Balaban J connectivity index is 1.66. The molecule has 126 valence electrons. The maximum atomic E-state index is 14.6. The minimum atomic E-state index is -0.843. The Bertz CT molecular complexity index is 867. The summed E-state index contributed by atoms with van der Waals surface area (Å²) in [6.45, 7) is 1.17. The molecular weight excluding hydrogens is 340 g/mol. The Morgan fingerprint density at radius 1 is 1.29 bits per heavy atom. The van der Waals surface area contributed by atoms with Crippen LogP contribution in [0.1, 0.15) is 23.3 Å². The van der Waals surface area contributed by atoms with Gasteiger partial charge in [0.15, 0.2) is 5.82 Å². The van der Waals surface area contributed by atoms with Crippen molar-refractivity contribution in [3.05, 3.63) is 34.5 Å². The number of piperazine rings is 1. The largest absolute Gasteiger partial charge is 0.348 e. The van der Waals surface area contributed by atoms with Gasteiger partial charge in [0.2, 0.25) is 5.91 Å². The third-order valence-electron chi connectivity index (χ3n) is 4.79. The highest BCUT2D eigenvalue weighted by Gasteiger charge is 2.38. The van der Waals surface area contributed by atoms with Crippen LogP contribution in [0, 0.1) is 11.6 Å². The summed E-state index contributed by atoms with van der Waals surface area (Å²) >= 11 is 5.82. The van der Waals surface area contributed by atoms with Crippen LogP contribution in [0.25, 0.3) is 10.9 Å².